The van der Waals surface area contributed by atoms with Crippen molar-refractivity contribution in [1.29, 1.82) is 0 Å². The summed E-state index contributed by atoms with van der Waals surface area (Å²) in [5, 5.41) is 7.35. The molecule has 1 aromatic carbocycles. The predicted octanol–water partition coefficient (Wildman–Crippen LogP) is 3.09. The fourth-order valence-electron chi connectivity index (χ4n) is 3.36. The molecular weight excluding hydrogens is 330 g/mol. The second-order valence-electron chi connectivity index (χ2n) is 6.86. The SMILES string of the molecule is Cc1cc(C)n(-c2ccc(C(=O)OCC(=O)NC3CCCCC3)cc2)n1. The van der Waals surface area contributed by atoms with Gasteiger partial charge >= 0.3 is 5.97 Å². The van der Waals surface area contributed by atoms with Gasteiger partial charge in [-0.3, -0.25) is 4.79 Å². The van der Waals surface area contributed by atoms with Crippen LogP contribution < -0.4 is 5.32 Å². The molecule has 1 aliphatic carbocycles. The minimum Gasteiger partial charge on any atom is -0.452 e. The summed E-state index contributed by atoms with van der Waals surface area (Å²) in [6.45, 7) is 3.68. The number of esters is 1. The van der Waals surface area contributed by atoms with Gasteiger partial charge in [0.2, 0.25) is 0 Å². The van der Waals surface area contributed by atoms with E-state index >= 15 is 0 Å². The first-order valence-electron chi connectivity index (χ1n) is 9.13. The van der Waals surface area contributed by atoms with Gasteiger partial charge in [0.25, 0.3) is 5.91 Å². The molecule has 0 spiro atoms. The molecule has 1 N–H and O–H groups in total. The molecule has 0 aliphatic heterocycles. The summed E-state index contributed by atoms with van der Waals surface area (Å²) < 4.78 is 6.95. The molecule has 0 saturated heterocycles. The Kier molecular flexibility index (Phi) is 5.71. The highest BCUT2D eigenvalue weighted by Gasteiger charge is 2.17. The van der Waals surface area contributed by atoms with Crippen LogP contribution in [0.25, 0.3) is 5.69 Å². The van der Waals surface area contributed by atoms with Gasteiger partial charge in [-0.1, -0.05) is 19.3 Å². The van der Waals surface area contributed by atoms with Crippen molar-refractivity contribution in [3.05, 3.63) is 47.3 Å². The van der Waals surface area contributed by atoms with Crippen molar-refractivity contribution in [2.24, 2.45) is 0 Å². The van der Waals surface area contributed by atoms with Crippen molar-refractivity contribution in [2.75, 3.05) is 6.61 Å². The van der Waals surface area contributed by atoms with Crippen molar-refractivity contribution >= 4 is 11.9 Å². The van der Waals surface area contributed by atoms with Gasteiger partial charge in [0.1, 0.15) is 0 Å². The number of ether oxygens (including phenoxy) is 1. The van der Waals surface area contributed by atoms with E-state index in [1.54, 1.807) is 12.1 Å². The summed E-state index contributed by atoms with van der Waals surface area (Å²) in [7, 11) is 0. The van der Waals surface area contributed by atoms with Crippen molar-refractivity contribution in [2.45, 2.75) is 52.0 Å². The lowest BCUT2D eigenvalue weighted by atomic mass is 9.95. The molecule has 1 saturated carbocycles. The lowest BCUT2D eigenvalue weighted by Crippen LogP contribution is -2.38. The molecule has 0 radical (unpaired) electrons. The maximum Gasteiger partial charge on any atom is 0.338 e. The average Bonchev–Trinajstić information content (AvgIpc) is 2.99. The van der Waals surface area contributed by atoms with Crippen LogP contribution in [-0.4, -0.2) is 34.3 Å². The van der Waals surface area contributed by atoms with Crippen LogP contribution in [0, 0.1) is 13.8 Å². The Morgan fingerprint density at radius 1 is 1.15 bits per heavy atom. The fourth-order valence-corrected chi connectivity index (χ4v) is 3.36. The topological polar surface area (TPSA) is 73.2 Å². The fraction of sp³-hybridized carbons (Fsp3) is 0.450. The van der Waals surface area contributed by atoms with E-state index in [1.165, 1.54) is 6.42 Å². The number of benzene rings is 1. The molecule has 6 heteroatoms. The van der Waals surface area contributed by atoms with E-state index in [1.807, 2.05) is 36.7 Å². The number of amides is 1. The Balaban J connectivity index is 1.53. The number of nitrogens with zero attached hydrogens (tertiary/aromatic N) is 2. The molecule has 0 atom stereocenters. The zero-order valence-electron chi connectivity index (χ0n) is 15.3. The quantitative estimate of drug-likeness (QED) is 0.837. The molecule has 1 heterocycles. The molecule has 2 aromatic rings. The van der Waals surface area contributed by atoms with Crippen LogP contribution in [0.4, 0.5) is 0 Å². The normalized spacial score (nSPS) is 14.8. The number of hydrogen-bond acceptors (Lipinski definition) is 4. The van der Waals surface area contributed by atoms with E-state index in [-0.39, 0.29) is 18.6 Å². The first-order valence-corrected chi connectivity index (χ1v) is 9.13. The molecule has 1 amide bonds. The average molecular weight is 355 g/mol. The Labute approximate surface area is 153 Å². The van der Waals surface area contributed by atoms with Gasteiger partial charge in [0, 0.05) is 11.7 Å². The number of aromatic nitrogens is 2. The molecule has 6 nitrogen and oxygen atoms in total. The molecule has 1 aromatic heterocycles. The van der Waals surface area contributed by atoms with Gasteiger partial charge in [0.15, 0.2) is 6.61 Å². The maximum atomic E-state index is 12.1. The van der Waals surface area contributed by atoms with Crippen molar-refractivity contribution < 1.29 is 14.3 Å². The second kappa shape index (κ2) is 8.17. The van der Waals surface area contributed by atoms with Crippen molar-refractivity contribution in [1.82, 2.24) is 15.1 Å². The lowest BCUT2D eigenvalue weighted by molar-refractivity contribution is -0.125. The van der Waals surface area contributed by atoms with E-state index in [9.17, 15) is 9.59 Å². The Morgan fingerprint density at radius 3 is 2.46 bits per heavy atom. The van der Waals surface area contributed by atoms with Gasteiger partial charge in [-0.05, 0) is 57.0 Å². The second-order valence-corrected chi connectivity index (χ2v) is 6.86. The van der Waals surface area contributed by atoms with E-state index in [2.05, 4.69) is 10.4 Å². The Morgan fingerprint density at radius 2 is 1.85 bits per heavy atom. The molecule has 1 aliphatic rings. The maximum absolute atomic E-state index is 12.1. The van der Waals surface area contributed by atoms with Crippen molar-refractivity contribution in [3.63, 3.8) is 0 Å². The zero-order valence-corrected chi connectivity index (χ0v) is 15.3. The molecule has 0 unspecified atom stereocenters. The predicted molar refractivity (Wildman–Crippen MR) is 98.3 cm³/mol. The first-order chi connectivity index (χ1) is 12.5. The van der Waals surface area contributed by atoms with Crippen LogP contribution in [0.5, 0.6) is 0 Å². The summed E-state index contributed by atoms with van der Waals surface area (Å²) >= 11 is 0. The third-order valence-corrected chi connectivity index (χ3v) is 4.66. The summed E-state index contributed by atoms with van der Waals surface area (Å²) in [5.74, 6) is -0.728. The number of aryl methyl sites for hydroxylation is 2. The minimum absolute atomic E-state index is 0.218. The van der Waals surface area contributed by atoms with E-state index < -0.39 is 5.97 Å². The highest BCUT2D eigenvalue weighted by Crippen LogP contribution is 2.17. The highest BCUT2D eigenvalue weighted by atomic mass is 16.5. The molecule has 26 heavy (non-hydrogen) atoms. The molecular formula is C20H25N3O3. The van der Waals surface area contributed by atoms with E-state index in [0.717, 1.165) is 42.8 Å². The number of carbonyl (C=O) groups excluding carboxylic acids is 2. The van der Waals surface area contributed by atoms with E-state index in [0.29, 0.717) is 5.56 Å². The van der Waals surface area contributed by atoms with Crippen LogP contribution in [0.1, 0.15) is 53.8 Å². The smallest absolute Gasteiger partial charge is 0.338 e. The van der Waals surface area contributed by atoms with Gasteiger partial charge in [-0.2, -0.15) is 5.10 Å². The van der Waals surface area contributed by atoms with Crippen LogP contribution in [0.3, 0.4) is 0 Å². The van der Waals surface area contributed by atoms with Gasteiger partial charge in [0.05, 0.1) is 16.9 Å². The molecule has 0 bridgehead atoms. The van der Waals surface area contributed by atoms with Crippen LogP contribution in [-0.2, 0) is 9.53 Å². The highest BCUT2D eigenvalue weighted by molar-refractivity contribution is 5.91. The van der Waals surface area contributed by atoms with Gasteiger partial charge < -0.3 is 10.1 Å². The van der Waals surface area contributed by atoms with Crippen LogP contribution in [0.15, 0.2) is 30.3 Å². The van der Waals surface area contributed by atoms with Crippen molar-refractivity contribution in [3.8, 4) is 5.69 Å². The largest absolute Gasteiger partial charge is 0.452 e. The summed E-state index contributed by atoms with van der Waals surface area (Å²) in [4.78, 5) is 24.1. The van der Waals surface area contributed by atoms with Crippen LogP contribution >= 0.6 is 0 Å². The lowest BCUT2D eigenvalue weighted by Gasteiger charge is -2.22. The molecule has 1 fully saturated rings. The zero-order chi connectivity index (χ0) is 18.5. The number of carbonyl (C=O) groups is 2. The molecule has 138 valence electrons. The Hall–Kier alpha value is -2.63. The molecule has 3 rings (SSSR count). The number of rotatable bonds is 5. The van der Waals surface area contributed by atoms with E-state index in [4.69, 9.17) is 4.74 Å². The number of hydrogen-bond donors (Lipinski definition) is 1. The van der Waals surface area contributed by atoms with Gasteiger partial charge in [-0.15, -0.1) is 0 Å². The van der Waals surface area contributed by atoms with Gasteiger partial charge in [-0.25, -0.2) is 9.48 Å². The summed E-state index contributed by atoms with van der Waals surface area (Å²) in [6, 6.07) is 9.22. The van der Waals surface area contributed by atoms with Crippen LogP contribution in [0.2, 0.25) is 0 Å². The minimum atomic E-state index is -0.497. The summed E-state index contributed by atoms with van der Waals surface area (Å²) in [6.07, 6.45) is 5.54. The number of nitrogens with one attached hydrogen (secondary N) is 1. The first kappa shape index (κ1) is 18.2. The summed E-state index contributed by atoms with van der Waals surface area (Å²) in [5.41, 5.74) is 3.26. The third kappa shape index (κ3) is 4.50. The standard InChI is InChI=1S/C20H25N3O3/c1-14-12-15(2)23(22-14)18-10-8-16(9-11-18)20(25)26-13-19(24)21-17-6-4-3-5-7-17/h8-12,17H,3-7,13H2,1-2H3,(H,21,24). The monoisotopic (exact) mass is 355 g/mol. The third-order valence-electron chi connectivity index (χ3n) is 4.66. The Bertz CT molecular complexity index is 774.